The van der Waals surface area contributed by atoms with Gasteiger partial charge in [-0.2, -0.15) is 0 Å². The molecule has 0 aliphatic heterocycles. The van der Waals surface area contributed by atoms with Crippen LogP contribution >= 0.6 is 23.2 Å². The van der Waals surface area contributed by atoms with Crippen molar-refractivity contribution in [3.05, 3.63) is 46.0 Å². The monoisotopic (exact) mass is 297 g/mol. The normalized spacial score (nSPS) is 19.4. The Morgan fingerprint density at radius 1 is 1.42 bits per heavy atom. The lowest BCUT2D eigenvalue weighted by Crippen LogP contribution is -2.27. The summed E-state index contributed by atoms with van der Waals surface area (Å²) in [4.78, 5) is 11.9. The number of carbonyl (C=O) groups excluding carboxylic acids is 1. The second-order valence-electron chi connectivity index (χ2n) is 4.93. The fourth-order valence-electron chi connectivity index (χ4n) is 2.27. The number of hydrogen-bond acceptors (Lipinski definition) is 1. The molecule has 0 fully saturated rings. The van der Waals surface area contributed by atoms with Crippen molar-refractivity contribution in [2.75, 3.05) is 0 Å². The molecule has 0 radical (unpaired) electrons. The van der Waals surface area contributed by atoms with Gasteiger partial charge in [0.15, 0.2) is 0 Å². The molecule has 1 aromatic carbocycles. The molecule has 0 saturated heterocycles. The van der Waals surface area contributed by atoms with Crippen LogP contribution in [0.15, 0.2) is 30.4 Å². The van der Waals surface area contributed by atoms with Crippen LogP contribution in [0.2, 0.25) is 10.0 Å². The van der Waals surface area contributed by atoms with Crippen LogP contribution in [-0.4, -0.2) is 5.91 Å². The second kappa shape index (κ2) is 6.44. The Balaban J connectivity index is 1.92. The SMILES string of the molecule is C[C@H](NC(=O)C[C@@H]1C=CCC1)c1ccc(Cl)c(Cl)c1. The first-order valence-corrected chi connectivity index (χ1v) is 7.23. The fourth-order valence-corrected chi connectivity index (χ4v) is 2.58. The van der Waals surface area contributed by atoms with E-state index in [9.17, 15) is 4.79 Å². The number of benzene rings is 1. The maximum atomic E-state index is 11.9. The van der Waals surface area contributed by atoms with Crippen LogP contribution in [0, 0.1) is 5.92 Å². The molecule has 1 aliphatic rings. The van der Waals surface area contributed by atoms with Gasteiger partial charge in [0, 0.05) is 6.42 Å². The van der Waals surface area contributed by atoms with Crippen molar-refractivity contribution in [3.63, 3.8) is 0 Å². The zero-order chi connectivity index (χ0) is 13.8. The maximum Gasteiger partial charge on any atom is 0.221 e. The van der Waals surface area contributed by atoms with Gasteiger partial charge in [0.25, 0.3) is 0 Å². The van der Waals surface area contributed by atoms with Crippen LogP contribution in [0.3, 0.4) is 0 Å². The van der Waals surface area contributed by atoms with Crippen molar-refractivity contribution in [1.29, 1.82) is 0 Å². The molecule has 2 rings (SSSR count). The molecule has 1 amide bonds. The average Bonchev–Trinajstić information content (AvgIpc) is 2.85. The van der Waals surface area contributed by atoms with Crippen molar-refractivity contribution >= 4 is 29.1 Å². The predicted molar refractivity (Wildman–Crippen MR) is 79.5 cm³/mol. The van der Waals surface area contributed by atoms with Gasteiger partial charge < -0.3 is 5.32 Å². The summed E-state index contributed by atoms with van der Waals surface area (Å²) in [6, 6.07) is 5.37. The molecule has 1 aliphatic carbocycles. The lowest BCUT2D eigenvalue weighted by Gasteiger charge is -2.16. The van der Waals surface area contributed by atoms with Gasteiger partial charge in [0.2, 0.25) is 5.91 Å². The molecule has 0 aromatic heterocycles. The molecular weight excluding hydrogens is 281 g/mol. The van der Waals surface area contributed by atoms with Gasteiger partial charge in [-0.15, -0.1) is 0 Å². The van der Waals surface area contributed by atoms with Gasteiger partial charge in [-0.05, 0) is 43.4 Å². The molecular formula is C15H17Cl2NO. The molecule has 4 heteroatoms. The lowest BCUT2D eigenvalue weighted by atomic mass is 10.0. The highest BCUT2D eigenvalue weighted by atomic mass is 35.5. The summed E-state index contributed by atoms with van der Waals surface area (Å²) in [7, 11) is 0. The summed E-state index contributed by atoms with van der Waals surface area (Å²) in [6.07, 6.45) is 6.99. The van der Waals surface area contributed by atoms with Crippen LogP contribution < -0.4 is 5.32 Å². The minimum Gasteiger partial charge on any atom is -0.350 e. The van der Waals surface area contributed by atoms with Crippen LogP contribution in [-0.2, 0) is 4.79 Å². The molecule has 0 bridgehead atoms. The molecule has 2 nitrogen and oxygen atoms in total. The number of halogens is 2. The first kappa shape index (κ1) is 14.4. The van der Waals surface area contributed by atoms with Crippen molar-refractivity contribution in [1.82, 2.24) is 5.32 Å². The summed E-state index contributed by atoms with van der Waals surface area (Å²) in [5.74, 6) is 0.469. The van der Waals surface area contributed by atoms with E-state index in [0.29, 0.717) is 22.4 Å². The van der Waals surface area contributed by atoms with E-state index in [4.69, 9.17) is 23.2 Å². The molecule has 1 aromatic rings. The van der Waals surface area contributed by atoms with Gasteiger partial charge in [0.05, 0.1) is 16.1 Å². The van der Waals surface area contributed by atoms with Gasteiger partial charge in [0.1, 0.15) is 0 Å². The zero-order valence-electron chi connectivity index (χ0n) is 10.8. The van der Waals surface area contributed by atoms with Crippen molar-refractivity contribution in [2.24, 2.45) is 5.92 Å². The summed E-state index contributed by atoms with van der Waals surface area (Å²) >= 11 is 11.9. The Morgan fingerprint density at radius 2 is 2.21 bits per heavy atom. The quantitative estimate of drug-likeness (QED) is 0.813. The van der Waals surface area contributed by atoms with E-state index < -0.39 is 0 Å². The molecule has 19 heavy (non-hydrogen) atoms. The highest BCUT2D eigenvalue weighted by Crippen LogP contribution is 2.26. The topological polar surface area (TPSA) is 29.1 Å². The van der Waals surface area contributed by atoms with Crippen molar-refractivity contribution < 1.29 is 4.79 Å². The number of nitrogens with one attached hydrogen (secondary N) is 1. The average molecular weight is 298 g/mol. The van der Waals surface area contributed by atoms with E-state index in [1.54, 1.807) is 12.1 Å². The smallest absolute Gasteiger partial charge is 0.221 e. The third-order valence-electron chi connectivity index (χ3n) is 3.38. The molecule has 0 spiro atoms. The minimum absolute atomic E-state index is 0.0624. The Kier molecular flexibility index (Phi) is 4.89. The fraction of sp³-hybridized carbons (Fsp3) is 0.400. The number of carbonyl (C=O) groups is 1. The standard InChI is InChI=1S/C15H17Cl2NO/c1-10(12-6-7-13(16)14(17)9-12)18-15(19)8-11-4-2-3-5-11/h2,4,6-7,9-11H,3,5,8H2,1H3,(H,18,19)/t10-,11+/m0/s1. The van der Waals surface area contributed by atoms with Crippen molar-refractivity contribution in [2.45, 2.75) is 32.2 Å². The van der Waals surface area contributed by atoms with Crippen LogP contribution in [0.25, 0.3) is 0 Å². The molecule has 2 atom stereocenters. The number of amides is 1. The third-order valence-corrected chi connectivity index (χ3v) is 4.12. The van der Waals surface area contributed by atoms with Crippen LogP contribution in [0.4, 0.5) is 0 Å². The molecule has 1 N–H and O–H groups in total. The zero-order valence-corrected chi connectivity index (χ0v) is 12.3. The highest BCUT2D eigenvalue weighted by molar-refractivity contribution is 6.42. The number of allylic oxidation sites excluding steroid dienone is 2. The minimum atomic E-state index is -0.0624. The van der Waals surface area contributed by atoms with E-state index in [2.05, 4.69) is 17.5 Å². The first-order chi connectivity index (χ1) is 9.06. The predicted octanol–water partition coefficient (Wildman–Crippen LogP) is 4.53. The number of rotatable bonds is 4. The van der Waals surface area contributed by atoms with Gasteiger partial charge in [-0.3, -0.25) is 4.79 Å². The van der Waals surface area contributed by atoms with Gasteiger partial charge in [-0.25, -0.2) is 0 Å². The van der Waals surface area contributed by atoms with E-state index in [1.807, 2.05) is 13.0 Å². The van der Waals surface area contributed by atoms with E-state index >= 15 is 0 Å². The molecule has 0 heterocycles. The highest BCUT2D eigenvalue weighted by Gasteiger charge is 2.16. The molecule has 0 unspecified atom stereocenters. The Labute approximate surface area is 123 Å². The molecule has 102 valence electrons. The van der Waals surface area contributed by atoms with Crippen molar-refractivity contribution in [3.8, 4) is 0 Å². The van der Waals surface area contributed by atoms with E-state index in [-0.39, 0.29) is 11.9 Å². The van der Waals surface area contributed by atoms with Gasteiger partial charge in [-0.1, -0.05) is 41.4 Å². The maximum absolute atomic E-state index is 11.9. The largest absolute Gasteiger partial charge is 0.350 e. The van der Waals surface area contributed by atoms with Crippen LogP contribution in [0.1, 0.15) is 37.8 Å². The third kappa shape index (κ3) is 3.99. The number of hydrogen-bond donors (Lipinski definition) is 1. The summed E-state index contributed by atoms with van der Waals surface area (Å²) < 4.78 is 0. The van der Waals surface area contributed by atoms with E-state index in [1.165, 1.54) is 0 Å². The Hall–Kier alpha value is -0.990. The summed E-state index contributed by atoms with van der Waals surface area (Å²) in [6.45, 7) is 1.95. The lowest BCUT2D eigenvalue weighted by molar-refractivity contribution is -0.122. The Bertz CT molecular complexity index is 499. The summed E-state index contributed by atoms with van der Waals surface area (Å²) in [5.41, 5.74) is 0.963. The van der Waals surface area contributed by atoms with Crippen LogP contribution in [0.5, 0.6) is 0 Å². The first-order valence-electron chi connectivity index (χ1n) is 6.47. The summed E-state index contributed by atoms with van der Waals surface area (Å²) in [5, 5.41) is 4.04. The molecule has 0 saturated carbocycles. The van der Waals surface area contributed by atoms with E-state index in [0.717, 1.165) is 18.4 Å². The second-order valence-corrected chi connectivity index (χ2v) is 5.75. The Morgan fingerprint density at radius 3 is 2.84 bits per heavy atom. The van der Waals surface area contributed by atoms with Gasteiger partial charge >= 0.3 is 0 Å².